The Labute approximate surface area is 204 Å². The van der Waals surface area contributed by atoms with Crippen LogP contribution in [-0.2, 0) is 5.41 Å². The smallest absolute Gasteiger partial charge is 0.129 e. The van der Waals surface area contributed by atoms with Gasteiger partial charge in [-0.3, -0.25) is 0 Å². The fourth-order valence-electron chi connectivity index (χ4n) is 3.43. The van der Waals surface area contributed by atoms with E-state index in [4.69, 9.17) is 9.47 Å². The maximum Gasteiger partial charge on any atom is 0.129 e. The maximum absolute atomic E-state index is 6.09. The highest BCUT2D eigenvalue weighted by atomic mass is 16.5. The van der Waals surface area contributed by atoms with Crippen molar-refractivity contribution in [3.8, 4) is 23.0 Å². The molecule has 0 saturated heterocycles. The van der Waals surface area contributed by atoms with E-state index in [1.807, 2.05) is 86.6 Å². The SMILES string of the molecule is CC.CN(c1ccccc1)c1cccc(Oc2ccc(Oc3cccc(C(C)(C)C)c3)cc2)c1. The fourth-order valence-corrected chi connectivity index (χ4v) is 3.43. The molecule has 0 fully saturated rings. The Balaban J connectivity index is 0.00000158. The molecule has 0 aliphatic carbocycles. The molecule has 4 aromatic carbocycles. The number of hydrogen-bond donors (Lipinski definition) is 0. The monoisotopic (exact) mass is 453 g/mol. The summed E-state index contributed by atoms with van der Waals surface area (Å²) in [5, 5.41) is 0. The van der Waals surface area contributed by atoms with Crippen LogP contribution < -0.4 is 14.4 Å². The first-order valence-corrected chi connectivity index (χ1v) is 11.8. The average Bonchev–Trinajstić information content (AvgIpc) is 2.86. The van der Waals surface area contributed by atoms with Crippen molar-refractivity contribution in [3.63, 3.8) is 0 Å². The third kappa shape index (κ3) is 6.64. The quantitative estimate of drug-likeness (QED) is 0.290. The average molecular weight is 454 g/mol. The van der Waals surface area contributed by atoms with Crippen LogP contribution in [-0.4, -0.2) is 7.05 Å². The van der Waals surface area contributed by atoms with Crippen molar-refractivity contribution in [2.45, 2.75) is 40.0 Å². The Hall–Kier alpha value is -3.72. The normalized spacial score (nSPS) is 10.6. The van der Waals surface area contributed by atoms with Crippen LogP contribution in [0, 0.1) is 0 Å². The minimum atomic E-state index is 0.0835. The standard InChI is InChI=1S/C29H29NO2.C2H6/c1-29(2,3)22-10-8-14-27(20-22)31-25-16-18-26(19-17-25)32-28-15-9-13-24(21-28)30(4)23-11-6-5-7-12-23;1-2/h5-21H,1-4H3;1-2H3. The molecule has 0 N–H and O–H groups in total. The Bertz CT molecular complexity index is 1160. The molecule has 0 aliphatic rings. The fraction of sp³-hybridized carbons (Fsp3) is 0.226. The van der Waals surface area contributed by atoms with E-state index in [0.29, 0.717) is 0 Å². The Morgan fingerprint density at radius 2 is 1.03 bits per heavy atom. The highest BCUT2D eigenvalue weighted by molar-refractivity contribution is 5.63. The topological polar surface area (TPSA) is 21.7 Å². The van der Waals surface area contributed by atoms with Gasteiger partial charge in [0.25, 0.3) is 0 Å². The molecule has 0 heterocycles. The van der Waals surface area contributed by atoms with Crippen LogP contribution in [0.4, 0.5) is 11.4 Å². The van der Waals surface area contributed by atoms with E-state index >= 15 is 0 Å². The van der Waals surface area contributed by atoms with Gasteiger partial charge in [-0.15, -0.1) is 0 Å². The predicted octanol–water partition coefficient (Wildman–Crippen LogP) is 9.36. The molecule has 0 spiro atoms. The molecule has 3 heteroatoms. The second-order valence-corrected chi connectivity index (χ2v) is 8.85. The summed E-state index contributed by atoms with van der Waals surface area (Å²) >= 11 is 0. The van der Waals surface area contributed by atoms with Gasteiger partial charge in [0.1, 0.15) is 23.0 Å². The van der Waals surface area contributed by atoms with Crippen molar-refractivity contribution in [2.24, 2.45) is 0 Å². The van der Waals surface area contributed by atoms with Crippen LogP contribution in [0.1, 0.15) is 40.2 Å². The van der Waals surface area contributed by atoms with Crippen molar-refractivity contribution < 1.29 is 9.47 Å². The number of anilines is 2. The van der Waals surface area contributed by atoms with Gasteiger partial charge in [-0.1, -0.05) is 71.0 Å². The van der Waals surface area contributed by atoms with Gasteiger partial charge < -0.3 is 14.4 Å². The second-order valence-electron chi connectivity index (χ2n) is 8.85. The van der Waals surface area contributed by atoms with Gasteiger partial charge >= 0.3 is 0 Å². The number of rotatable bonds is 6. The molecule has 0 aliphatic heterocycles. The van der Waals surface area contributed by atoms with Crippen molar-refractivity contribution in [2.75, 3.05) is 11.9 Å². The molecule has 0 aromatic heterocycles. The molecule has 0 bridgehead atoms. The number of ether oxygens (including phenoxy) is 2. The van der Waals surface area contributed by atoms with Crippen molar-refractivity contribution in [3.05, 3.63) is 109 Å². The van der Waals surface area contributed by atoms with Gasteiger partial charge in [-0.25, -0.2) is 0 Å². The van der Waals surface area contributed by atoms with Crippen LogP contribution in [0.25, 0.3) is 0 Å². The zero-order valence-corrected chi connectivity index (χ0v) is 21.1. The van der Waals surface area contributed by atoms with Crippen LogP contribution in [0.2, 0.25) is 0 Å². The summed E-state index contributed by atoms with van der Waals surface area (Å²) in [4.78, 5) is 2.13. The third-order valence-corrected chi connectivity index (χ3v) is 5.34. The summed E-state index contributed by atoms with van der Waals surface area (Å²) in [7, 11) is 2.05. The minimum Gasteiger partial charge on any atom is -0.457 e. The zero-order chi connectivity index (χ0) is 24.6. The number of para-hydroxylation sites is 1. The molecule has 0 amide bonds. The first-order valence-electron chi connectivity index (χ1n) is 11.8. The van der Waals surface area contributed by atoms with Crippen LogP contribution in [0.3, 0.4) is 0 Å². The lowest BCUT2D eigenvalue weighted by atomic mass is 9.87. The predicted molar refractivity (Wildman–Crippen MR) is 144 cm³/mol. The van der Waals surface area contributed by atoms with Gasteiger partial charge in [0.05, 0.1) is 0 Å². The lowest BCUT2D eigenvalue weighted by Gasteiger charge is -2.20. The van der Waals surface area contributed by atoms with Gasteiger partial charge in [0.2, 0.25) is 0 Å². The van der Waals surface area contributed by atoms with E-state index in [0.717, 1.165) is 34.4 Å². The largest absolute Gasteiger partial charge is 0.457 e. The molecule has 0 atom stereocenters. The van der Waals surface area contributed by atoms with Crippen molar-refractivity contribution in [1.29, 1.82) is 0 Å². The lowest BCUT2D eigenvalue weighted by molar-refractivity contribution is 0.467. The molecule has 4 rings (SSSR count). The highest BCUT2D eigenvalue weighted by Crippen LogP contribution is 2.32. The molecule has 0 unspecified atom stereocenters. The highest BCUT2D eigenvalue weighted by Gasteiger charge is 2.14. The van der Waals surface area contributed by atoms with Crippen molar-refractivity contribution >= 4 is 11.4 Å². The molecule has 176 valence electrons. The third-order valence-electron chi connectivity index (χ3n) is 5.34. The maximum atomic E-state index is 6.09. The van der Waals surface area contributed by atoms with Gasteiger partial charge in [-0.05, 0) is 71.6 Å². The summed E-state index contributed by atoms with van der Waals surface area (Å²) in [6, 6.07) is 34.3. The summed E-state index contributed by atoms with van der Waals surface area (Å²) in [5.74, 6) is 3.17. The van der Waals surface area contributed by atoms with Gasteiger partial charge in [-0.2, -0.15) is 0 Å². The molecule has 3 nitrogen and oxygen atoms in total. The molecular formula is C31H35NO2. The van der Waals surface area contributed by atoms with Crippen LogP contribution >= 0.6 is 0 Å². The molecule has 0 radical (unpaired) electrons. The summed E-state index contributed by atoms with van der Waals surface area (Å²) in [6.45, 7) is 10.6. The number of benzene rings is 4. The summed E-state index contributed by atoms with van der Waals surface area (Å²) < 4.78 is 12.1. The molecule has 34 heavy (non-hydrogen) atoms. The zero-order valence-electron chi connectivity index (χ0n) is 21.1. The summed E-state index contributed by atoms with van der Waals surface area (Å²) in [6.07, 6.45) is 0. The van der Waals surface area contributed by atoms with Crippen LogP contribution in [0.15, 0.2) is 103 Å². The second kappa shape index (κ2) is 11.4. The Morgan fingerprint density at radius 1 is 0.529 bits per heavy atom. The van der Waals surface area contributed by atoms with E-state index < -0.39 is 0 Å². The Kier molecular flexibility index (Phi) is 8.37. The molecule has 4 aromatic rings. The van der Waals surface area contributed by atoms with Gasteiger partial charge in [0.15, 0.2) is 0 Å². The van der Waals surface area contributed by atoms with E-state index in [1.165, 1.54) is 5.56 Å². The van der Waals surface area contributed by atoms with E-state index in [9.17, 15) is 0 Å². The summed E-state index contributed by atoms with van der Waals surface area (Å²) in [5.41, 5.74) is 3.52. The number of hydrogen-bond acceptors (Lipinski definition) is 3. The van der Waals surface area contributed by atoms with E-state index in [2.05, 4.69) is 63.1 Å². The van der Waals surface area contributed by atoms with E-state index in [-0.39, 0.29) is 5.41 Å². The van der Waals surface area contributed by atoms with Gasteiger partial charge in [0, 0.05) is 24.5 Å². The number of nitrogens with zero attached hydrogens (tertiary/aromatic N) is 1. The van der Waals surface area contributed by atoms with Crippen molar-refractivity contribution in [1.82, 2.24) is 0 Å². The lowest BCUT2D eigenvalue weighted by Crippen LogP contribution is -2.10. The Morgan fingerprint density at radius 3 is 1.59 bits per heavy atom. The van der Waals surface area contributed by atoms with E-state index in [1.54, 1.807) is 0 Å². The first-order chi connectivity index (χ1) is 16.4. The first kappa shape index (κ1) is 24.9. The minimum absolute atomic E-state index is 0.0835. The van der Waals surface area contributed by atoms with Crippen LogP contribution in [0.5, 0.6) is 23.0 Å². The molecule has 0 saturated carbocycles. The molecular weight excluding hydrogens is 418 g/mol.